The van der Waals surface area contributed by atoms with Crippen molar-refractivity contribution in [3.63, 3.8) is 0 Å². The van der Waals surface area contributed by atoms with Crippen LogP contribution in [0.4, 0.5) is 0 Å². The lowest BCUT2D eigenvalue weighted by molar-refractivity contribution is 0.187. The normalized spacial score (nSPS) is 19.5. The number of nitrogens with zero attached hydrogens (tertiary/aromatic N) is 1. The predicted octanol–water partition coefficient (Wildman–Crippen LogP) is 1.06. The highest BCUT2D eigenvalue weighted by atomic mass is 16.5. The Morgan fingerprint density at radius 2 is 2.46 bits per heavy atom. The Bertz CT molecular complexity index is 286. The first-order valence-electron chi connectivity index (χ1n) is 4.52. The molecule has 0 unspecified atom stereocenters. The molecule has 13 heavy (non-hydrogen) atoms. The maximum atomic E-state index is 5.72. The summed E-state index contributed by atoms with van der Waals surface area (Å²) in [6.45, 7) is 0.630. The Labute approximate surface area is 77.0 Å². The predicted molar refractivity (Wildman–Crippen MR) is 47.6 cm³/mol. The van der Waals surface area contributed by atoms with Gasteiger partial charge in [-0.1, -0.05) is 6.42 Å². The van der Waals surface area contributed by atoms with Crippen molar-refractivity contribution in [3.05, 3.63) is 11.8 Å². The summed E-state index contributed by atoms with van der Waals surface area (Å²) >= 11 is 0. The number of nitrogens with two attached hydrogens (primary N) is 1. The Hall–Kier alpha value is -1.03. The van der Waals surface area contributed by atoms with Crippen molar-refractivity contribution in [2.24, 2.45) is 5.73 Å². The van der Waals surface area contributed by atoms with Crippen LogP contribution in [0.2, 0.25) is 0 Å². The van der Waals surface area contributed by atoms with E-state index in [4.69, 9.17) is 15.0 Å². The van der Waals surface area contributed by atoms with Crippen LogP contribution in [-0.4, -0.2) is 18.8 Å². The van der Waals surface area contributed by atoms with Crippen LogP contribution in [0.15, 0.2) is 10.6 Å². The fourth-order valence-electron chi connectivity index (χ4n) is 1.76. The zero-order valence-electron chi connectivity index (χ0n) is 7.75. The van der Waals surface area contributed by atoms with Gasteiger partial charge in [0, 0.05) is 18.0 Å². The second-order valence-corrected chi connectivity index (χ2v) is 3.57. The van der Waals surface area contributed by atoms with Gasteiger partial charge in [0.05, 0.1) is 7.11 Å². The average Bonchev–Trinajstić information content (AvgIpc) is 2.52. The molecule has 0 aliphatic heterocycles. The first kappa shape index (κ1) is 8.56. The summed E-state index contributed by atoms with van der Waals surface area (Å²) in [5.74, 6) is 1.41. The van der Waals surface area contributed by atoms with E-state index in [9.17, 15) is 0 Å². The monoisotopic (exact) mass is 182 g/mol. The Morgan fingerprint density at radius 1 is 1.69 bits per heavy atom. The van der Waals surface area contributed by atoms with Crippen LogP contribution >= 0.6 is 0 Å². The SMILES string of the molecule is COc1cc(C2(CN)CCC2)on1. The average molecular weight is 182 g/mol. The molecule has 2 N–H and O–H groups in total. The van der Waals surface area contributed by atoms with Crippen LogP contribution in [0.25, 0.3) is 0 Å². The molecule has 4 heteroatoms. The Morgan fingerprint density at radius 3 is 2.85 bits per heavy atom. The topological polar surface area (TPSA) is 61.3 Å². The van der Waals surface area contributed by atoms with Crippen LogP contribution in [0, 0.1) is 0 Å². The zero-order chi connectivity index (χ0) is 9.31. The maximum absolute atomic E-state index is 5.72. The summed E-state index contributed by atoms with van der Waals surface area (Å²) in [5.41, 5.74) is 5.77. The fourth-order valence-corrected chi connectivity index (χ4v) is 1.76. The standard InChI is InChI=1S/C9H14N2O2/c1-12-8-5-7(13-11-8)9(6-10)3-2-4-9/h5H,2-4,6,10H2,1H3. The van der Waals surface area contributed by atoms with Gasteiger partial charge in [-0.2, -0.15) is 0 Å². The van der Waals surface area contributed by atoms with Crippen LogP contribution in [0.1, 0.15) is 25.0 Å². The smallest absolute Gasteiger partial charge is 0.254 e. The minimum atomic E-state index is 0.0454. The van der Waals surface area contributed by atoms with E-state index in [2.05, 4.69) is 5.16 Å². The van der Waals surface area contributed by atoms with Crippen molar-refractivity contribution in [2.75, 3.05) is 13.7 Å². The molecule has 0 aromatic carbocycles. The summed E-state index contributed by atoms with van der Waals surface area (Å²) in [5, 5.41) is 3.78. The van der Waals surface area contributed by atoms with Crippen LogP contribution in [0.5, 0.6) is 5.88 Å². The summed E-state index contributed by atoms with van der Waals surface area (Å²) in [7, 11) is 1.58. The molecule has 1 aromatic rings. The molecular weight excluding hydrogens is 168 g/mol. The molecule has 0 radical (unpaired) electrons. The van der Waals surface area contributed by atoms with Crippen molar-refractivity contribution in [1.82, 2.24) is 5.16 Å². The van der Waals surface area contributed by atoms with E-state index in [-0.39, 0.29) is 5.41 Å². The van der Waals surface area contributed by atoms with E-state index >= 15 is 0 Å². The summed E-state index contributed by atoms with van der Waals surface area (Å²) in [4.78, 5) is 0. The van der Waals surface area contributed by atoms with Gasteiger partial charge < -0.3 is 15.0 Å². The third kappa shape index (κ3) is 1.21. The molecule has 0 amide bonds. The molecule has 4 nitrogen and oxygen atoms in total. The minimum absolute atomic E-state index is 0.0454. The Balaban J connectivity index is 2.23. The first-order chi connectivity index (χ1) is 6.30. The molecule has 1 aromatic heterocycles. The number of ether oxygens (including phenoxy) is 1. The molecule has 0 atom stereocenters. The molecule has 0 bridgehead atoms. The fraction of sp³-hybridized carbons (Fsp3) is 0.667. The first-order valence-corrected chi connectivity index (χ1v) is 4.52. The molecule has 1 aliphatic rings. The zero-order valence-corrected chi connectivity index (χ0v) is 7.75. The van der Waals surface area contributed by atoms with Gasteiger partial charge in [0.15, 0.2) is 0 Å². The van der Waals surface area contributed by atoms with Gasteiger partial charge in [-0.3, -0.25) is 0 Å². The maximum Gasteiger partial charge on any atom is 0.254 e. The van der Waals surface area contributed by atoms with Crippen molar-refractivity contribution >= 4 is 0 Å². The molecule has 0 saturated heterocycles. The van der Waals surface area contributed by atoms with E-state index in [0.29, 0.717) is 12.4 Å². The van der Waals surface area contributed by atoms with Gasteiger partial charge in [-0.15, -0.1) is 0 Å². The van der Waals surface area contributed by atoms with Gasteiger partial charge >= 0.3 is 0 Å². The van der Waals surface area contributed by atoms with Gasteiger partial charge in [-0.25, -0.2) is 0 Å². The second-order valence-electron chi connectivity index (χ2n) is 3.57. The highest BCUT2D eigenvalue weighted by molar-refractivity contribution is 5.23. The van der Waals surface area contributed by atoms with Crippen LogP contribution < -0.4 is 10.5 Å². The van der Waals surface area contributed by atoms with Crippen molar-refractivity contribution in [3.8, 4) is 5.88 Å². The van der Waals surface area contributed by atoms with E-state index in [0.717, 1.165) is 18.6 Å². The highest BCUT2D eigenvalue weighted by Crippen LogP contribution is 2.43. The third-order valence-corrected chi connectivity index (χ3v) is 2.92. The molecule has 1 aliphatic carbocycles. The van der Waals surface area contributed by atoms with Gasteiger partial charge in [0.2, 0.25) is 0 Å². The van der Waals surface area contributed by atoms with Crippen LogP contribution in [-0.2, 0) is 5.41 Å². The lowest BCUT2D eigenvalue weighted by atomic mass is 9.67. The molecule has 1 fully saturated rings. The van der Waals surface area contributed by atoms with Crippen LogP contribution in [0.3, 0.4) is 0 Å². The third-order valence-electron chi connectivity index (χ3n) is 2.92. The summed E-state index contributed by atoms with van der Waals surface area (Å²) < 4.78 is 10.2. The molecule has 72 valence electrons. The van der Waals surface area contributed by atoms with E-state index < -0.39 is 0 Å². The number of rotatable bonds is 3. The van der Waals surface area contributed by atoms with E-state index in [1.54, 1.807) is 7.11 Å². The number of aromatic nitrogens is 1. The van der Waals surface area contributed by atoms with E-state index in [1.807, 2.05) is 6.07 Å². The molecule has 0 spiro atoms. The lowest BCUT2D eigenvalue weighted by Gasteiger charge is -2.38. The van der Waals surface area contributed by atoms with Gasteiger partial charge in [-0.05, 0) is 18.0 Å². The van der Waals surface area contributed by atoms with Crippen molar-refractivity contribution in [1.29, 1.82) is 0 Å². The second kappa shape index (κ2) is 3.03. The van der Waals surface area contributed by atoms with E-state index in [1.165, 1.54) is 6.42 Å². The number of hydrogen-bond acceptors (Lipinski definition) is 4. The molecule has 1 saturated carbocycles. The molecule has 1 heterocycles. The summed E-state index contributed by atoms with van der Waals surface area (Å²) in [6.07, 6.45) is 3.42. The lowest BCUT2D eigenvalue weighted by Crippen LogP contribution is -2.41. The van der Waals surface area contributed by atoms with Gasteiger partial charge in [0.1, 0.15) is 5.76 Å². The van der Waals surface area contributed by atoms with Crippen molar-refractivity contribution < 1.29 is 9.26 Å². The van der Waals surface area contributed by atoms with Gasteiger partial charge in [0.25, 0.3) is 5.88 Å². The molecule has 2 rings (SSSR count). The number of hydrogen-bond donors (Lipinski definition) is 1. The number of methoxy groups -OCH3 is 1. The minimum Gasteiger partial charge on any atom is -0.479 e. The summed E-state index contributed by atoms with van der Waals surface area (Å²) in [6, 6.07) is 1.84. The quantitative estimate of drug-likeness (QED) is 0.759. The largest absolute Gasteiger partial charge is 0.479 e. The van der Waals surface area contributed by atoms with Crippen molar-refractivity contribution in [2.45, 2.75) is 24.7 Å². The molecular formula is C9H14N2O2. The highest BCUT2D eigenvalue weighted by Gasteiger charge is 2.41. The Kier molecular flexibility index (Phi) is 2.00.